The Kier molecular flexibility index (Phi) is 29.9. The Hall–Kier alpha value is -1.17. The van der Waals surface area contributed by atoms with Gasteiger partial charge in [-0.25, -0.2) is 0 Å². The molecule has 4 N–H and O–H groups in total. The van der Waals surface area contributed by atoms with Crippen molar-refractivity contribution in [2.75, 3.05) is 6.61 Å². The molecule has 0 aliphatic rings. The van der Waals surface area contributed by atoms with E-state index in [1.165, 1.54) is 103 Å². The fraction of sp³-hybridized carbons (Fsp3) is 0.857. The fourth-order valence-corrected chi connectivity index (χ4v) is 5.09. The van der Waals surface area contributed by atoms with Crippen molar-refractivity contribution in [3.63, 3.8) is 0 Å². The summed E-state index contributed by atoms with van der Waals surface area (Å²) in [6, 6.07) is -0.835. The highest BCUT2D eigenvalue weighted by Gasteiger charge is 2.26. The van der Waals surface area contributed by atoms with Crippen LogP contribution in [0.25, 0.3) is 0 Å². The van der Waals surface area contributed by atoms with E-state index in [1.54, 1.807) is 0 Å². The first kappa shape index (κ1) is 38.8. The van der Waals surface area contributed by atoms with E-state index in [2.05, 4.69) is 37.4 Å². The van der Waals surface area contributed by atoms with Crippen molar-refractivity contribution in [3.05, 3.63) is 24.3 Å². The summed E-state index contributed by atoms with van der Waals surface area (Å²) >= 11 is 0. The van der Waals surface area contributed by atoms with Gasteiger partial charge >= 0.3 is 0 Å². The molecular weight excluding hydrogens is 498 g/mol. The van der Waals surface area contributed by atoms with Gasteiger partial charge in [0.2, 0.25) is 5.91 Å². The Morgan fingerprint density at radius 2 is 1.07 bits per heavy atom. The number of carbonyl (C=O) groups excluding carboxylic acids is 1. The molecule has 0 aliphatic heterocycles. The van der Waals surface area contributed by atoms with Gasteiger partial charge in [-0.05, 0) is 32.1 Å². The van der Waals surface area contributed by atoms with Crippen LogP contribution in [0.5, 0.6) is 0 Å². The van der Waals surface area contributed by atoms with Gasteiger partial charge in [-0.2, -0.15) is 0 Å². The number of unbranched alkanes of at least 4 members (excludes halogenated alkanes) is 18. The van der Waals surface area contributed by atoms with Crippen LogP contribution < -0.4 is 5.32 Å². The third kappa shape index (κ3) is 25.8. The van der Waals surface area contributed by atoms with Gasteiger partial charge in [0.25, 0.3) is 0 Å². The van der Waals surface area contributed by atoms with Gasteiger partial charge in [0, 0.05) is 6.42 Å². The van der Waals surface area contributed by atoms with Crippen molar-refractivity contribution < 1.29 is 20.1 Å². The second-order valence-corrected chi connectivity index (χ2v) is 11.7. The maximum absolute atomic E-state index is 12.3. The minimum absolute atomic E-state index is 0.213. The summed E-state index contributed by atoms with van der Waals surface area (Å²) in [5, 5.41) is 33.2. The first-order chi connectivity index (χ1) is 19.6. The molecule has 0 bridgehead atoms. The summed E-state index contributed by atoms with van der Waals surface area (Å²) in [5.41, 5.74) is 0. The number of rotatable bonds is 30. The fourth-order valence-electron chi connectivity index (χ4n) is 5.09. The van der Waals surface area contributed by atoms with Gasteiger partial charge in [0.15, 0.2) is 0 Å². The molecule has 0 aromatic rings. The summed E-state index contributed by atoms with van der Waals surface area (Å²) in [6.07, 6.45) is 34.2. The lowest BCUT2D eigenvalue weighted by Crippen LogP contribution is -2.50. The quantitative estimate of drug-likeness (QED) is 0.0518. The molecule has 40 heavy (non-hydrogen) atoms. The Bertz CT molecular complexity index is 592. The van der Waals surface area contributed by atoms with Crippen molar-refractivity contribution in [2.24, 2.45) is 0 Å². The summed E-state index contributed by atoms with van der Waals surface area (Å²) in [5.74, 6) is -0.213. The largest absolute Gasteiger partial charge is 0.394 e. The van der Waals surface area contributed by atoms with Crippen LogP contribution in [0.1, 0.15) is 168 Å². The minimum Gasteiger partial charge on any atom is -0.394 e. The lowest BCUT2D eigenvalue weighted by atomic mass is 9.99. The van der Waals surface area contributed by atoms with Gasteiger partial charge in [-0.1, -0.05) is 154 Å². The van der Waals surface area contributed by atoms with Crippen LogP contribution >= 0.6 is 0 Å². The van der Waals surface area contributed by atoms with Crippen LogP contribution in [-0.2, 0) is 4.79 Å². The van der Waals surface area contributed by atoms with Crippen LogP contribution in [0.15, 0.2) is 24.3 Å². The highest BCUT2D eigenvalue weighted by Crippen LogP contribution is 2.15. The van der Waals surface area contributed by atoms with Crippen molar-refractivity contribution >= 4 is 5.91 Å². The van der Waals surface area contributed by atoms with E-state index in [-0.39, 0.29) is 12.5 Å². The zero-order chi connectivity index (χ0) is 29.5. The number of amides is 1. The average molecular weight is 566 g/mol. The molecule has 5 heteroatoms. The Labute approximate surface area is 248 Å². The maximum atomic E-state index is 12.3. The molecule has 3 atom stereocenters. The number of carbonyl (C=O) groups is 1. The predicted octanol–water partition coefficient (Wildman–Crippen LogP) is 8.70. The predicted molar refractivity (Wildman–Crippen MR) is 171 cm³/mol. The lowest BCUT2D eigenvalue weighted by molar-refractivity contribution is -0.124. The Morgan fingerprint density at radius 1 is 0.625 bits per heavy atom. The third-order valence-electron chi connectivity index (χ3n) is 7.82. The number of hydrogen-bond donors (Lipinski definition) is 4. The zero-order valence-corrected chi connectivity index (χ0v) is 26.5. The van der Waals surface area contributed by atoms with E-state index in [9.17, 15) is 20.1 Å². The van der Waals surface area contributed by atoms with Crippen LogP contribution in [0.4, 0.5) is 0 Å². The zero-order valence-electron chi connectivity index (χ0n) is 26.5. The number of hydrogen-bond acceptors (Lipinski definition) is 4. The van der Waals surface area contributed by atoms with E-state index >= 15 is 0 Å². The SMILES string of the molecule is CCCCCCCC/C=C\C/C=C\CCC(=O)NC(CO)C(O)C(O)CCCCCCCCCCCCCCC. The molecule has 0 rings (SSSR count). The topological polar surface area (TPSA) is 89.8 Å². The van der Waals surface area contributed by atoms with E-state index in [0.29, 0.717) is 19.3 Å². The third-order valence-corrected chi connectivity index (χ3v) is 7.82. The standard InChI is InChI=1S/C35H67NO4/c1-3-5-7-9-11-13-15-17-19-21-23-25-27-29-33(38)35(40)32(31-37)36-34(39)30-28-26-24-22-20-18-16-14-12-10-8-6-4-2/h18,20,24,26,32-33,35,37-38,40H,3-17,19,21-23,25,27-31H2,1-2H3,(H,36,39)/b20-18-,26-24-. The van der Waals surface area contributed by atoms with E-state index in [1.807, 2.05) is 6.08 Å². The van der Waals surface area contributed by atoms with Gasteiger partial charge in [0.1, 0.15) is 6.10 Å². The second kappa shape index (κ2) is 30.8. The van der Waals surface area contributed by atoms with Crippen molar-refractivity contribution in [2.45, 2.75) is 186 Å². The smallest absolute Gasteiger partial charge is 0.220 e. The highest BCUT2D eigenvalue weighted by atomic mass is 16.3. The van der Waals surface area contributed by atoms with Crippen molar-refractivity contribution in [1.82, 2.24) is 5.32 Å². The molecule has 0 heterocycles. The number of aliphatic hydroxyl groups excluding tert-OH is 3. The van der Waals surface area contributed by atoms with E-state index < -0.39 is 18.2 Å². The Balaban J connectivity index is 3.81. The van der Waals surface area contributed by atoms with Crippen LogP contribution in [0, 0.1) is 0 Å². The highest BCUT2D eigenvalue weighted by molar-refractivity contribution is 5.76. The molecule has 0 fully saturated rings. The van der Waals surface area contributed by atoms with Crippen LogP contribution in [-0.4, -0.2) is 46.1 Å². The second-order valence-electron chi connectivity index (χ2n) is 11.7. The molecule has 0 aliphatic carbocycles. The Morgan fingerprint density at radius 3 is 1.57 bits per heavy atom. The lowest BCUT2D eigenvalue weighted by Gasteiger charge is -2.26. The summed E-state index contributed by atoms with van der Waals surface area (Å²) in [4.78, 5) is 12.3. The molecule has 0 aromatic carbocycles. The summed E-state index contributed by atoms with van der Waals surface area (Å²) in [6.45, 7) is 4.11. The van der Waals surface area contributed by atoms with E-state index in [0.717, 1.165) is 32.1 Å². The average Bonchev–Trinajstić information content (AvgIpc) is 2.96. The molecule has 1 amide bonds. The molecule has 0 saturated heterocycles. The molecular formula is C35H67NO4. The molecule has 5 nitrogen and oxygen atoms in total. The van der Waals surface area contributed by atoms with E-state index in [4.69, 9.17) is 0 Å². The molecule has 236 valence electrons. The minimum atomic E-state index is -1.15. The molecule has 0 radical (unpaired) electrons. The number of allylic oxidation sites excluding steroid dienone is 4. The molecule has 3 unspecified atom stereocenters. The van der Waals surface area contributed by atoms with Gasteiger partial charge in [0.05, 0.1) is 18.8 Å². The van der Waals surface area contributed by atoms with Crippen molar-refractivity contribution in [3.8, 4) is 0 Å². The molecule has 0 spiro atoms. The van der Waals surface area contributed by atoms with Gasteiger partial charge in [-0.15, -0.1) is 0 Å². The van der Waals surface area contributed by atoms with Gasteiger partial charge in [-0.3, -0.25) is 4.79 Å². The molecule has 0 saturated carbocycles. The van der Waals surface area contributed by atoms with Crippen LogP contribution in [0.2, 0.25) is 0 Å². The number of aliphatic hydroxyl groups is 3. The summed E-state index contributed by atoms with van der Waals surface area (Å²) < 4.78 is 0. The number of nitrogens with one attached hydrogen (secondary N) is 1. The van der Waals surface area contributed by atoms with Crippen LogP contribution in [0.3, 0.4) is 0 Å². The summed E-state index contributed by atoms with van der Waals surface area (Å²) in [7, 11) is 0. The van der Waals surface area contributed by atoms with Crippen molar-refractivity contribution in [1.29, 1.82) is 0 Å². The first-order valence-electron chi connectivity index (χ1n) is 17.1. The molecule has 0 aromatic heterocycles. The maximum Gasteiger partial charge on any atom is 0.220 e. The monoisotopic (exact) mass is 566 g/mol. The van der Waals surface area contributed by atoms with Gasteiger partial charge < -0.3 is 20.6 Å². The normalized spacial score (nSPS) is 14.2. The first-order valence-corrected chi connectivity index (χ1v) is 17.1.